The van der Waals surface area contributed by atoms with E-state index in [-0.39, 0.29) is 0 Å². The minimum absolute atomic E-state index is 0.301. The van der Waals surface area contributed by atoms with Crippen LogP contribution >= 0.6 is 0 Å². The maximum absolute atomic E-state index is 11.0. The molecule has 1 aromatic heterocycles. The van der Waals surface area contributed by atoms with E-state index < -0.39 is 5.97 Å². The highest BCUT2D eigenvalue weighted by atomic mass is 16.5. The van der Waals surface area contributed by atoms with Gasteiger partial charge < -0.3 is 4.74 Å². The zero-order valence-corrected chi connectivity index (χ0v) is 7.92. The van der Waals surface area contributed by atoms with E-state index in [2.05, 4.69) is 14.9 Å². The first kappa shape index (κ1) is 9.51. The molecule has 0 aliphatic rings. The molecule has 1 N–H and O–H groups in total. The molecule has 0 fully saturated rings. The van der Waals surface area contributed by atoms with Crippen LogP contribution in [0.15, 0.2) is 11.6 Å². The van der Waals surface area contributed by atoms with Crippen LogP contribution in [0, 0.1) is 0 Å². The second-order valence-corrected chi connectivity index (χ2v) is 2.92. The topological polar surface area (TPSA) is 55.0 Å². The molecule has 4 nitrogen and oxygen atoms in total. The van der Waals surface area contributed by atoms with Crippen LogP contribution in [-0.2, 0) is 4.74 Å². The Hall–Kier alpha value is -1.58. The summed E-state index contributed by atoms with van der Waals surface area (Å²) in [5.74, 6) is -0.426. The molecule has 70 valence electrons. The van der Waals surface area contributed by atoms with E-state index in [9.17, 15) is 4.79 Å². The van der Waals surface area contributed by atoms with Crippen LogP contribution in [0.5, 0.6) is 0 Å². The standard InChI is InChI=1S/C9H12N2O2/c1-6(2)4-7-5-8(11-10-7)9(12)13-3/h4-5H,1-3H3,(H,10,11). The van der Waals surface area contributed by atoms with Crippen LogP contribution in [0.1, 0.15) is 30.0 Å². The summed E-state index contributed by atoms with van der Waals surface area (Å²) in [6.07, 6.45) is 1.90. The van der Waals surface area contributed by atoms with Gasteiger partial charge in [0, 0.05) is 0 Å². The van der Waals surface area contributed by atoms with Gasteiger partial charge in [0.25, 0.3) is 0 Å². The number of aromatic nitrogens is 2. The van der Waals surface area contributed by atoms with E-state index in [1.54, 1.807) is 6.07 Å². The quantitative estimate of drug-likeness (QED) is 0.703. The van der Waals surface area contributed by atoms with Gasteiger partial charge in [-0.3, -0.25) is 5.10 Å². The van der Waals surface area contributed by atoms with Gasteiger partial charge in [0.15, 0.2) is 5.69 Å². The molecule has 1 aromatic rings. The van der Waals surface area contributed by atoms with E-state index in [1.807, 2.05) is 19.9 Å². The molecule has 0 saturated carbocycles. The Bertz CT molecular complexity index is 335. The fourth-order valence-corrected chi connectivity index (χ4v) is 0.931. The van der Waals surface area contributed by atoms with Crippen molar-refractivity contribution in [2.45, 2.75) is 13.8 Å². The van der Waals surface area contributed by atoms with Crippen molar-refractivity contribution in [3.63, 3.8) is 0 Å². The zero-order valence-electron chi connectivity index (χ0n) is 7.92. The smallest absolute Gasteiger partial charge is 0.358 e. The number of carbonyl (C=O) groups excluding carboxylic acids is 1. The number of esters is 1. The number of nitrogens with one attached hydrogen (secondary N) is 1. The van der Waals surface area contributed by atoms with Crippen LogP contribution in [0.2, 0.25) is 0 Å². The summed E-state index contributed by atoms with van der Waals surface area (Å²) < 4.78 is 4.51. The Kier molecular flexibility index (Phi) is 2.84. The number of carbonyl (C=O) groups is 1. The Morgan fingerprint density at radius 3 is 2.85 bits per heavy atom. The van der Waals surface area contributed by atoms with Gasteiger partial charge in [-0.05, 0) is 26.0 Å². The Balaban J connectivity index is 2.87. The van der Waals surface area contributed by atoms with Crippen LogP contribution < -0.4 is 0 Å². The Morgan fingerprint density at radius 1 is 1.62 bits per heavy atom. The summed E-state index contributed by atoms with van der Waals surface area (Å²) in [5, 5.41) is 6.52. The minimum atomic E-state index is -0.426. The fraction of sp³-hybridized carbons (Fsp3) is 0.333. The number of methoxy groups -OCH3 is 1. The van der Waals surface area contributed by atoms with Gasteiger partial charge in [-0.25, -0.2) is 4.79 Å². The van der Waals surface area contributed by atoms with E-state index in [0.29, 0.717) is 5.69 Å². The molecule has 0 radical (unpaired) electrons. The number of rotatable bonds is 2. The van der Waals surface area contributed by atoms with Crippen molar-refractivity contribution >= 4 is 12.0 Å². The van der Waals surface area contributed by atoms with Gasteiger partial charge >= 0.3 is 5.97 Å². The second kappa shape index (κ2) is 3.89. The highest BCUT2D eigenvalue weighted by Crippen LogP contribution is 2.05. The van der Waals surface area contributed by atoms with Crippen molar-refractivity contribution in [2.75, 3.05) is 7.11 Å². The minimum Gasteiger partial charge on any atom is -0.464 e. The summed E-state index contributed by atoms with van der Waals surface area (Å²) in [4.78, 5) is 11.0. The first-order chi connectivity index (χ1) is 6.13. The molecule has 0 aliphatic carbocycles. The van der Waals surface area contributed by atoms with Crippen molar-refractivity contribution in [3.8, 4) is 0 Å². The summed E-state index contributed by atoms with van der Waals surface area (Å²) in [6, 6.07) is 1.65. The van der Waals surface area contributed by atoms with Crippen molar-refractivity contribution < 1.29 is 9.53 Å². The number of ether oxygens (including phenoxy) is 1. The van der Waals surface area contributed by atoms with Gasteiger partial charge in [0.05, 0.1) is 12.8 Å². The molecule has 13 heavy (non-hydrogen) atoms. The number of nitrogens with zero attached hydrogens (tertiary/aromatic N) is 1. The highest BCUT2D eigenvalue weighted by molar-refractivity contribution is 5.87. The molecule has 4 heteroatoms. The molecular weight excluding hydrogens is 168 g/mol. The third kappa shape index (κ3) is 2.43. The molecule has 0 bridgehead atoms. The molecule has 0 unspecified atom stereocenters. The third-order valence-electron chi connectivity index (χ3n) is 1.44. The molecule has 1 heterocycles. The normalized spacial score (nSPS) is 9.46. The van der Waals surface area contributed by atoms with E-state index in [1.165, 1.54) is 7.11 Å². The van der Waals surface area contributed by atoms with Gasteiger partial charge in [-0.2, -0.15) is 5.10 Å². The fourth-order valence-electron chi connectivity index (χ4n) is 0.931. The van der Waals surface area contributed by atoms with Crippen molar-refractivity contribution in [1.82, 2.24) is 10.2 Å². The van der Waals surface area contributed by atoms with E-state index >= 15 is 0 Å². The van der Waals surface area contributed by atoms with Crippen LogP contribution in [0.3, 0.4) is 0 Å². The van der Waals surface area contributed by atoms with Gasteiger partial charge in [-0.1, -0.05) is 5.57 Å². The molecule has 1 rings (SSSR count). The Morgan fingerprint density at radius 2 is 2.31 bits per heavy atom. The highest BCUT2D eigenvalue weighted by Gasteiger charge is 2.08. The number of H-pyrrole nitrogens is 1. The molecular formula is C9H12N2O2. The second-order valence-electron chi connectivity index (χ2n) is 2.92. The average Bonchev–Trinajstić information content (AvgIpc) is 2.50. The van der Waals surface area contributed by atoms with Crippen LogP contribution in [-0.4, -0.2) is 23.3 Å². The number of hydrogen-bond acceptors (Lipinski definition) is 3. The van der Waals surface area contributed by atoms with Crippen LogP contribution in [0.4, 0.5) is 0 Å². The first-order valence-electron chi connectivity index (χ1n) is 3.92. The summed E-state index contributed by atoms with van der Waals surface area (Å²) >= 11 is 0. The van der Waals surface area contributed by atoms with Crippen LogP contribution in [0.25, 0.3) is 6.08 Å². The number of hydrogen-bond donors (Lipinski definition) is 1. The van der Waals surface area contributed by atoms with Gasteiger partial charge in [0.1, 0.15) is 0 Å². The van der Waals surface area contributed by atoms with Gasteiger partial charge in [0.2, 0.25) is 0 Å². The summed E-state index contributed by atoms with van der Waals surface area (Å²) in [7, 11) is 1.33. The SMILES string of the molecule is COC(=O)c1cc(C=C(C)C)[nH]n1. The zero-order chi connectivity index (χ0) is 9.84. The van der Waals surface area contributed by atoms with Crippen molar-refractivity contribution in [1.29, 1.82) is 0 Å². The number of aromatic amines is 1. The molecule has 0 atom stereocenters. The Labute approximate surface area is 76.6 Å². The predicted molar refractivity (Wildman–Crippen MR) is 49.3 cm³/mol. The lowest BCUT2D eigenvalue weighted by atomic mass is 10.2. The molecule has 0 spiro atoms. The molecule has 0 amide bonds. The summed E-state index contributed by atoms with van der Waals surface area (Å²) in [6.45, 7) is 3.94. The van der Waals surface area contributed by atoms with Gasteiger partial charge in [-0.15, -0.1) is 0 Å². The maximum Gasteiger partial charge on any atom is 0.358 e. The monoisotopic (exact) mass is 180 g/mol. The molecule has 0 aromatic carbocycles. The third-order valence-corrected chi connectivity index (χ3v) is 1.44. The lowest BCUT2D eigenvalue weighted by molar-refractivity contribution is 0.0594. The molecule has 0 aliphatic heterocycles. The van der Waals surface area contributed by atoms with Crippen molar-refractivity contribution in [2.24, 2.45) is 0 Å². The lowest BCUT2D eigenvalue weighted by Crippen LogP contribution is -2.00. The molecule has 0 saturated heterocycles. The maximum atomic E-state index is 11.0. The van der Waals surface area contributed by atoms with E-state index in [0.717, 1.165) is 11.3 Å². The van der Waals surface area contributed by atoms with E-state index in [4.69, 9.17) is 0 Å². The van der Waals surface area contributed by atoms with Crippen molar-refractivity contribution in [3.05, 3.63) is 23.0 Å². The average molecular weight is 180 g/mol. The number of allylic oxidation sites excluding steroid dienone is 1. The largest absolute Gasteiger partial charge is 0.464 e. The predicted octanol–water partition coefficient (Wildman–Crippen LogP) is 1.62. The first-order valence-corrected chi connectivity index (χ1v) is 3.92. The lowest BCUT2D eigenvalue weighted by Gasteiger charge is -1.89. The summed E-state index contributed by atoms with van der Waals surface area (Å²) in [5.41, 5.74) is 2.25.